The highest BCUT2D eigenvalue weighted by Gasteiger charge is 2.37. The maximum Gasteiger partial charge on any atom is 0.338 e. The summed E-state index contributed by atoms with van der Waals surface area (Å²) in [6.45, 7) is 4.11. The van der Waals surface area contributed by atoms with Crippen LogP contribution < -0.4 is 15.2 Å². The molecule has 0 fully saturated rings. The number of fused-ring (bicyclic) bond motifs is 1. The van der Waals surface area contributed by atoms with Crippen LogP contribution in [0.25, 0.3) is 0 Å². The second kappa shape index (κ2) is 18.9. The molecule has 1 aliphatic heterocycles. The van der Waals surface area contributed by atoms with Crippen LogP contribution >= 0.6 is 0 Å². The summed E-state index contributed by atoms with van der Waals surface area (Å²) in [5.74, 6) is -5.27. The summed E-state index contributed by atoms with van der Waals surface area (Å²) in [5, 5.41) is 79.8. The standard InChI is InChI=1S/C35H42N4O15/c36-1-3-48-5-7-50-9-10-51-8-6-49-4-2-39-18-22(37-38-39)19-52-34-28(44)13-21(14-29(34)45)35(47)54-31-17-24-25(41)15-23(40)16-30(24)53-33(31)20-11-26(42)32(46)27(43)12-20/h11-16,18,31,33,40-46H,1-10,17,19,36H2/t31-,33-/m1/s1. The van der Waals surface area contributed by atoms with E-state index in [1.54, 1.807) is 6.20 Å². The van der Waals surface area contributed by atoms with Gasteiger partial charge < -0.3 is 74.6 Å². The highest BCUT2D eigenvalue weighted by atomic mass is 16.6. The van der Waals surface area contributed by atoms with E-state index in [1.165, 1.54) is 10.7 Å². The number of rotatable bonds is 20. The Balaban J connectivity index is 1.12. The Labute approximate surface area is 308 Å². The second-order valence-corrected chi connectivity index (χ2v) is 11.9. The van der Waals surface area contributed by atoms with E-state index in [-0.39, 0.29) is 52.7 Å². The lowest BCUT2D eigenvalue weighted by molar-refractivity contribution is -0.0189. The number of benzene rings is 3. The minimum atomic E-state index is -1.22. The van der Waals surface area contributed by atoms with E-state index < -0.39 is 46.9 Å². The molecule has 9 N–H and O–H groups in total. The molecule has 2 atom stereocenters. The Kier molecular flexibility index (Phi) is 13.8. The van der Waals surface area contributed by atoms with Crippen molar-refractivity contribution < 1.29 is 73.7 Å². The molecule has 3 aromatic carbocycles. The fraction of sp³-hybridized carbons (Fsp3) is 0.400. The number of phenols is 7. The van der Waals surface area contributed by atoms with E-state index in [2.05, 4.69) is 10.3 Å². The molecule has 19 heteroatoms. The molecule has 0 amide bonds. The van der Waals surface area contributed by atoms with Crippen molar-refractivity contribution in [2.45, 2.75) is 31.8 Å². The Morgan fingerprint density at radius 1 is 0.778 bits per heavy atom. The molecular formula is C35H42N4O15. The van der Waals surface area contributed by atoms with Gasteiger partial charge in [-0.15, -0.1) is 5.10 Å². The van der Waals surface area contributed by atoms with Crippen molar-refractivity contribution in [3.05, 3.63) is 65.0 Å². The molecule has 0 bridgehead atoms. The normalized spacial score (nSPS) is 15.1. The molecule has 0 saturated carbocycles. The molecule has 1 aromatic heterocycles. The van der Waals surface area contributed by atoms with E-state index in [4.69, 9.17) is 38.9 Å². The van der Waals surface area contributed by atoms with Crippen LogP contribution in [0.4, 0.5) is 0 Å². The number of aromatic hydroxyl groups is 7. The maximum absolute atomic E-state index is 13.3. The minimum absolute atomic E-state index is 0.0441. The molecule has 2 heterocycles. The number of carbonyl (C=O) groups is 1. The summed E-state index contributed by atoms with van der Waals surface area (Å²) in [4.78, 5) is 13.3. The molecule has 0 aliphatic carbocycles. The Hall–Kier alpha value is -5.73. The van der Waals surface area contributed by atoms with Crippen molar-refractivity contribution in [2.75, 3.05) is 59.4 Å². The molecule has 0 saturated heterocycles. The number of nitrogens with two attached hydrogens (primary N) is 1. The van der Waals surface area contributed by atoms with Crippen LogP contribution in [-0.4, -0.2) is 122 Å². The zero-order valence-corrected chi connectivity index (χ0v) is 29.0. The largest absolute Gasteiger partial charge is 0.508 e. The number of phenolic OH excluding ortho intramolecular Hbond substituents is 7. The summed E-state index contributed by atoms with van der Waals surface area (Å²) in [6, 6.07) is 6.51. The first-order valence-corrected chi connectivity index (χ1v) is 16.8. The smallest absolute Gasteiger partial charge is 0.338 e. The van der Waals surface area contributed by atoms with Crippen LogP contribution in [0.1, 0.15) is 33.3 Å². The highest BCUT2D eigenvalue weighted by molar-refractivity contribution is 5.91. The number of nitrogens with zero attached hydrogens (tertiary/aromatic N) is 3. The molecule has 19 nitrogen and oxygen atoms in total. The van der Waals surface area contributed by atoms with Crippen LogP contribution in [0.3, 0.4) is 0 Å². The van der Waals surface area contributed by atoms with Crippen LogP contribution in [0.15, 0.2) is 42.6 Å². The summed E-state index contributed by atoms with van der Waals surface area (Å²) in [6.07, 6.45) is -0.979. The van der Waals surface area contributed by atoms with Crippen molar-refractivity contribution in [1.29, 1.82) is 0 Å². The number of hydrogen-bond donors (Lipinski definition) is 8. The summed E-state index contributed by atoms with van der Waals surface area (Å²) in [7, 11) is 0. The van der Waals surface area contributed by atoms with E-state index in [1.807, 2.05) is 0 Å². The van der Waals surface area contributed by atoms with E-state index in [9.17, 15) is 40.5 Å². The van der Waals surface area contributed by atoms with Crippen molar-refractivity contribution in [2.24, 2.45) is 5.73 Å². The summed E-state index contributed by atoms with van der Waals surface area (Å²) >= 11 is 0. The fourth-order valence-corrected chi connectivity index (χ4v) is 5.36. The SMILES string of the molecule is NCCOCCOCCOCCOCCn1cc(COc2c(O)cc(C(=O)O[C@@H]3Cc4c(O)cc(O)cc4O[C@@H]3c3cc(O)c(O)c(O)c3)cc2O)nn1. The monoisotopic (exact) mass is 758 g/mol. The Bertz CT molecular complexity index is 1820. The van der Waals surface area contributed by atoms with Gasteiger partial charge >= 0.3 is 5.97 Å². The van der Waals surface area contributed by atoms with Crippen molar-refractivity contribution in [3.63, 3.8) is 0 Å². The summed E-state index contributed by atoms with van der Waals surface area (Å²) in [5.41, 5.74) is 5.71. The van der Waals surface area contributed by atoms with Gasteiger partial charge in [0.05, 0.1) is 71.2 Å². The quantitative estimate of drug-likeness (QED) is 0.0362. The third-order valence-corrected chi connectivity index (χ3v) is 7.92. The lowest BCUT2D eigenvalue weighted by atomic mass is 9.93. The first-order chi connectivity index (χ1) is 26.0. The number of esters is 1. The predicted octanol–water partition coefficient (Wildman–Crippen LogP) is 1.72. The zero-order chi connectivity index (χ0) is 38.6. The van der Waals surface area contributed by atoms with Crippen molar-refractivity contribution in [1.82, 2.24) is 15.0 Å². The predicted molar refractivity (Wildman–Crippen MR) is 184 cm³/mol. The molecule has 4 aromatic rings. The highest BCUT2D eigenvalue weighted by Crippen LogP contribution is 2.46. The average Bonchev–Trinajstić information content (AvgIpc) is 3.59. The minimum Gasteiger partial charge on any atom is -0.508 e. The Morgan fingerprint density at radius 2 is 1.39 bits per heavy atom. The molecule has 0 spiro atoms. The van der Waals surface area contributed by atoms with Gasteiger partial charge in [-0.2, -0.15) is 0 Å². The van der Waals surface area contributed by atoms with Gasteiger partial charge in [0.2, 0.25) is 5.75 Å². The first-order valence-electron chi connectivity index (χ1n) is 16.8. The van der Waals surface area contributed by atoms with Crippen molar-refractivity contribution >= 4 is 5.97 Å². The number of hydrogen-bond acceptors (Lipinski definition) is 18. The third kappa shape index (κ3) is 10.4. The van der Waals surface area contributed by atoms with Crippen molar-refractivity contribution in [3.8, 4) is 51.7 Å². The van der Waals surface area contributed by atoms with Gasteiger partial charge in [0, 0.05) is 36.2 Å². The van der Waals surface area contributed by atoms with E-state index >= 15 is 0 Å². The van der Waals surface area contributed by atoms with Crippen LogP contribution in [0, 0.1) is 0 Å². The van der Waals surface area contributed by atoms with E-state index in [0.29, 0.717) is 71.6 Å². The maximum atomic E-state index is 13.3. The van der Waals surface area contributed by atoms with Gasteiger partial charge in [0.25, 0.3) is 0 Å². The molecule has 5 rings (SSSR count). The molecular weight excluding hydrogens is 716 g/mol. The molecule has 1 aliphatic rings. The average molecular weight is 759 g/mol. The van der Waals surface area contributed by atoms with Crippen LogP contribution in [0.2, 0.25) is 0 Å². The fourth-order valence-electron chi connectivity index (χ4n) is 5.36. The molecule has 0 radical (unpaired) electrons. The number of carbonyl (C=O) groups excluding carboxylic acids is 1. The molecule has 0 unspecified atom stereocenters. The lowest BCUT2D eigenvalue weighted by Gasteiger charge is -2.34. The second-order valence-electron chi connectivity index (χ2n) is 11.9. The van der Waals surface area contributed by atoms with Gasteiger partial charge in [-0.05, 0) is 24.3 Å². The van der Waals surface area contributed by atoms with Crippen LogP contribution in [0.5, 0.6) is 51.7 Å². The van der Waals surface area contributed by atoms with Crippen LogP contribution in [-0.2, 0) is 43.3 Å². The van der Waals surface area contributed by atoms with Gasteiger partial charge in [0.1, 0.15) is 35.7 Å². The zero-order valence-electron chi connectivity index (χ0n) is 29.0. The Morgan fingerprint density at radius 3 is 2.02 bits per heavy atom. The van der Waals surface area contributed by atoms with E-state index in [0.717, 1.165) is 30.3 Å². The topological polar surface area (TPSA) is 280 Å². The van der Waals surface area contributed by atoms with Gasteiger partial charge in [0.15, 0.2) is 34.9 Å². The number of aromatic nitrogens is 3. The third-order valence-electron chi connectivity index (χ3n) is 7.92. The first kappa shape index (κ1) is 39.5. The number of ether oxygens (including phenoxy) is 7. The molecule has 292 valence electrons. The van der Waals surface area contributed by atoms with Gasteiger partial charge in [-0.25, -0.2) is 9.48 Å². The van der Waals surface area contributed by atoms with Gasteiger partial charge in [-0.1, -0.05) is 5.21 Å². The van der Waals surface area contributed by atoms with Gasteiger partial charge in [-0.3, -0.25) is 0 Å². The summed E-state index contributed by atoms with van der Waals surface area (Å²) < 4.78 is 40.3. The molecule has 54 heavy (non-hydrogen) atoms. The lowest BCUT2D eigenvalue weighted by Crippen LogP contribution is -2.34.